The highest BCUT2D eigenvalue weighted by Gasteiger charge is 2.21. The summed E-state index contributed by atoms with van der Waals surface area (Å²) in [7, 11) is 0. The van der Waals surface area contributed by atoms with Crippen LogP contribution in [0.2, 0.25) is 0 Å². The molecule has 0 fully saturated rings. The zero-order valence-corrected chi connectivity index (χ0v) is 19.4. The maximum Gasteiger partial charge on any atom is 0.221 e. The number of anilines is 3. The van der Waals surface area contributed by atoms with E-state index in [0.717, 1.165) is 35.0 Å². The highest BCUT2D eigenvalue weighted by Crippen LogP contribution is 2.36. The van der Waals surface area contributed by atoms with Gasteiger partial charge in [-0.1, -0.05) is 36.4 Å². The van der Waals surface area contributed by atoms with Gasteiger partial charge in [-0.15, -0.1) is 37.2 Å². The summed E-state index contributed by atoms with van der Waals surface area (Å²) in [6.45, 7) is 1.53. The van der Waals surface area contributed by atoms with Crippen LogP contribution in [0.3, 0.4) is 0 Å². The van der Waals surface area contributed by atoms with Gasteiger partial charge in [0.25, 0.3) is 0 Å². The fourth-order valence-electron chi connectivity index (χ4n) is 4.08. The molecule has 0 amide bonds. The largest absolute Gasteiger partial charge is 0.383 e. The number of benzene rings is 3. The minimum absolute atomic E-state index is 0. The molecule has 1 aliphatic rings. The van der Waals surface area contributed by atoms with Crippen molar-refractivity contribution in [1.29, 1.82) is 0 Å². The Kier molecular flexibility index (Phi) is 8.13. The van der Waals surface area contributed by atoms with E-state index in [1.54, 1.807) is 12.3 Å². The molecule has 2 heterocycles. The average Bonchev–Trinajstić information content (AvgIpc) is 3.13. The second kappa shape index (κ2) is 10.2. The molecular weight excluding hydrogens is 472 g/mol. The van der Waals surface area contributed by atoms with Crippen molar-refractivity contribution < 1.29 is 4.39 Å². The first-order chi connectivity index (χ1) is 14.1. The van der Waals surface area contributed by atoms with Crippen molar-refractivity contribution >= 4 is 65.4 Å². The van der Waals surface area contributed by atoms with Gasteiger partial charge in [0.15, 0.2) is 0 Å². The minimum Gasteiger partial charge on any atom is -0.383 e. The van der Waals surface area contributed by atoms with E-state index in [1.165, 1.54) is 11.3 Å². The lowest BCUT2D eigenvalue weighted by Gasteiger charge is -2.20. The van der Waals surface area contributed by atoms with Gasteiger partial charge in [0.1, 0.15) is 11.6 Å². The third kappa shape index (κ3) is 4.53. The Morgan fingerprint density at radius 3 is 2.44 bits per heavy atom. The van der Waals surface area contributed by atoms with Crippen LogP contribution < -0.4 is 16.4 Å². The smallest absolute Gasteiger partial charge is 0.221 e. The van der Waals surface area contributed by atoms with E-state index < -0.39 is 0 Å². The Morgan fingerprint density at radius 1 is 0.938 bits per heavy atom. The molecule has 1 aromatic heterocycles. The predicted molar refractivity (Wildman–Crippen MR) is 137 cm³/mol. The molecule has 0 saturated heterocycles. The monoisotopic (exact) mass is 493 g/mol. The minimum atomic E-state index is -0.194. The van der Waals surface area contributed by atoms with Crippen LogP contribution in [0, 0.1) is 5.82 Å². The number of aromatic nitrogens is 2. The molecule has 0 aliphatic carbocycles. The van der Waals surface area contributed by atoms with E-state index in [2.05, 4.69) is 33.1 Å². The first-order valence-corrected chi connectivity index (χ1v) is 9.52. The van der Waals surface area contributed by atoms with E-state index in [0.29, 0.717) is 17.7 Å². The Balaban J connectivity index is 0.00000121. The van der Waals surface area contributed by atoms with Crippen LogP contribution >= 0.6 is 37.2 Å². The van der Waals surface area contributed by atoms with Crippen molar-refractivity contribution in [3.05, 3.63) is 77.7 Å². The summed E-state index contributed by atoms with van der Waals surface area (Å²) in [5.74, 6) is 0.407. The third-order valence-corrected chi connectivity index (χ3v) is 5.53. The van der Waals surface area contributed by atoms with E-state index in [9.17, 15) is 4.39 Å². The molecule has 168 valence electrons. The maximum atomic E-state index is 14.2. The van der Waals surface area contributed by atoms with Gasteiger partial charge in [-0.3, -0.25) is 0 Å². The van der Waals surface area contributed by atoms with E-state index in [-0.39, 0.29) is 49.0 Å². The lowest BCUT2D eigenvalue weighted by molar-refractivity contribution is 0.640. The SMILES string of the molecule is Cl.Cl.Cl.Nc1ncc(CN2CCc3cc(-c4ccc(F)c5ccccc45)ccc32)c(N)n1. The fraction of sp³-hybridized carbons (Fsp3) is 0.130. The Hall–Kier alpha value is -2.80. The van der Waals surface area contributed by atoms with Gasteiger partial charge in [-0.25, -0.2) is 9.37 Å². The quantitative estimate of drug-likeness (QED) is 0.397. The highest BCUT2D eigenvalue weighted by atomic mass is 35.5. The molecule has 32 heavy (non-hydrogen) atoms. The molecule has 0 atom stereocenters. The number of fused-ring (bicyclic) bond motifs is 2. The van der Waals surface area contributed by atoms with Crippen molar-refractivity contribution in [2.75, 3.05) is 22.9 Å². The number of nitrogens with zero attached hydrogens (tertiary/aromatic N) is 3. The summed E-state index contributed by atoms with van der Waals surface area (Å²) < 4.78 is 14.2. The van der Waals surface area contributed by atoms with E-state index >= 15 is 0 Å². The molecule has 0 bridgehead atoms. The summed E-state index contributed by atoms with van der Waals surface area (Å²) in [5, 5.41) is 1.57. The molecule has 0 radical (unpaired) electrons. The summed E-state index contributed by atoms with van der Waals surface area (Å²) in [6, 6.07) is 17.4. The van der Waals surface area contributed by atoms with Crippen molar-refractivity contribution in [2.45, 2.75) is 13.0 Å². The average molecular weight is 495 g/mol. The Labute approximate surface area is 204 Å². The molecule has 1 aliphatic heterocycles. The zero-order valence-electron chi connectivity index (χ0n) is 17.0. The molecular formula is C23H23Cl3FN5. The number of halogens is 4. The molecule has 0 spiro atoms. The fourth-order valence-corrected chi connectivity index (χ4v) is 4.08. The number of hydrogen-bond donors (Lipinski definition) is 2. The van der Waals surface area contributed by atoms with Crippen LogP contribution in [0.4, 0.5) is 21.8 Å². The number of hydrogen-bond acceptors (Lipinski definition) is 5. The van der Waals surface area contributed by atoms with E-state index in [4.69, 9.17) is 11.5 Å². The van der Waals surface area contributed by atoms with Gasteiger partial charge in [0, 0.05) is 35.9 Å². The molecule has 4 aromatic rings. The summed E-state index contributed by atoms with van der Waals surface area (Å²) in [6.07, 6.45) is 2.63. The molecule has 0 saturated carbocycles. The highest BCUT2D eigenvalue weighted by molar-refractivity contribution is 5.97. The standard InChI is InChI=1S/C23H20FN5.3ClH/c24-20-7-6-17(18-3-1-2-4-19(18)20)14-5-8-21-15(11-14)9-10-29(21)13-16-12-27-23(26)28-22(16)25;;;/h1-8,11-12H,9-10,13H2,(H4,25,26,27,28);3*1H. The van der Waals surface area contributed by atoms with Crippen molar-refractivity contribution in [2.24, 2.45) is 0 Å². The van der Waals surface area contributed by atoms with Crippen LogP contribution in [0.1, 0.15) is 11.1 Å². The van der Waals surface area contributed by atoms with Gasteiger partial charge < -0.3 is 16.4 Å². The van der Waals surface area contributed by atoms with Gasteiger partial charge in [0.05, 0.1) is 0 Å². The maximum absolute atomic E-state index is 14.2. The molecule has 9 heteroatoms. The second-order valence-corrected chi connectivity index (χ2v) is 7.29. The molecule has 5 rings (SSSR count). The molecule has 0 unspecified atom stereocenters. The molecule has 3 aromatic carbocycles. The number of nitrogens with two attached hydrogens (primary N) is 2. The van der Waals surface area contributed by atoms with Gasteiger partial charge in [-0.2, -0.15) is 4.98 Å². The topological polar surface area (TPSA) is 81.1 Å². The van der Waals surface area contributed by atoms with Crippen LogP contribution in [0.25, 0.3) is 21.9 Å². The Morgan fingerprint density at radius 2 is 1.69 bits per heavy atom. The normalized spacial score (nSPS) is 11.8. The third-order valence-electron chi connectivity index (χ3n) is 5.53. The van der Waals surface area contributed by atoms with E-state index in [1.807, 2.05) is 30.3 Å². The Bertz CT molecular complexity index is 1250. The van der Waals surface area contributed by atoms with Gasteiger partial charge in [-0.05, 0) is 46.7 Å². The van der Waals surface area contributed by atoms with Crippen molar-refractivity contribution in [1.82, 2.24) is 9.97 Å². The first kappa shape index (κ1) is 25.5. The van der Waals surface area contributed by atoms with Gasteiger partial charge in [0.2, 0.25) is 5.95 Å². The lowest BCUT2D eigenvalue weighted by Crippen LogP contribution is -2.21. The second-order valence-electron chi connectivity index (χ2n) is 7.29. The number of nitrogen functional groups attached to an aromatic ring is 2. The first-order valence-electron chi connectivity index (χ1n) is 9.52. The zero-order chi connectivity index (χ0) is 20.0. The number of rotatable bonds is 3. The lowest BCUT2D eigenvalue weighted by atomic mass is 9.96. The van der Waals surface area contributed by atoms with Crippen LogP contribution in [0.5, 0.6) is 0 Å². The molecule has 5 nitrogen and oxygen atoms in total. The van der Waals surface area contributed by atoms with Crippen molar-refractivity contribution in [3.8, 4) is 11.1 Å². The summed E-state index contributed by atoms with van der Waals surface area (Å²) >= 11 is 0. The van der Waals surface area contributed by atoms with Crippen molar-refractivity contribution in [3.63, 3.8) is 0 Å². The van der Waals surface area contributed by atoms with Gasteiger partial charge >= 0.3 is 0 Å². The molecule has 4 N–H and O–H groups in total. The van der Waals surface area contributed by atoms with Crippen LogP contribution in [0.15, 0.2) is 60.8 Å². The predicted octanol–water partition coefficient (Wildman–Crippen LogP) is 5.43. The summed E-state index contributed by atoms with van der Waals surface area (Å²) in [5.41, 5.74) is 17.0. The van der Waals surface area contributed by atoms with Crippen LogP contribution in [-0.4, -0.2) is 16.5 Å². The van der Waals surface area contributed by atoms with Crippen LogP contribution in [-0.2, 0) is 13.0 Å². The summed E-state index contributed by atoms with van der Waals surface area (Å²) in [4.78, 5) is 10.4.